The zero-order valence-corrected chi connectivity index (χ0v) is 13.5. The highest BCUT2D eigenvalue weighted by Gasteiger charge is 2.21. The van der Waals surface area contributed by atoms with E-state index in [1.54, 1.807) is 0 Å². The number of nitrogens with two attached hydrogens (primary N) is 1. The van der Waals surface area contributed by atoms with Gasteiger partial charge in [-0.3, -0.25) is 5.84 Å². The molecule has 20 heavy (non-hydrogen) atoms. The van der Waals surface area contributed by atoms with Gasteiger partial charge in [0, 0.05) is 3.57 Å². The van der Waals surface area contributed by atoms with Gasteiger partial charge in [0.25, 0.3) is 0 Å². The van der Waals surface area contributed by atoms with E-state index in [2.05, 4.69) is 76.5 Å². The molecule has 1 saturated carbocycles. The molecule has 1 aliphatic carbocycles. The fraction of sp³-hybridized carbons (Fsp3) is 0.294. The summed E-state index contributed by atoms with van der Waals surface area (Å²) < 4.78 is 1.23. The molecule has 2 nitrogen and oxygen atoms in total. The Morgan fingerprint density at radius 1 is 1.05 bits per heavy atom. The van der Waals surface area contributed by atoms with Crippen molar-refractivity contribution in [3.05, 3.63) is 68.8 Å². The van der Waals surface area contributed by atoms with Gasteiger partial charge in [-0.2, -0.15) is 0 Å². The number of hydrazine groups is 1. The standard InChI is InChI=1S/C17H19IN2/c18-16-9-3-8-15(11-16)17(20-19)14-7-2-6-13(10-14)12-4-1-5-12/h2-3,6-12,17,20H,1,4-5,19H2. The summed E-state index contributed by atoms with van der Waals surface area (Å²) >= 11 is 2.34. The quantitative estimate of drug-likeness (QED) is 0.477. The summed E-state index contributed by atoms with van der Waals surface area (Å²) in [6.07, 6.45) is 4.02. The van der Waals surface area contributed by atoms with E-state index in [0.717, 1.165) is 5.92 Å². The molecule has 1 fully saturated rings. The maximum atomic E-state index is 5.81. The highest BCUT2D eigenvalue weighted by atomic mass is 127. The minimum absolute atomic E-state index is 0.0599. The monoisotopic (exact) mass is 378 g/mol. The molecule has 3 N–H and O–H groups in total. The van der Waals surface area contributed by atoms with Gasteiger partial charge in [0.05, 0.1) is 6.04 Å². The Hall–Kier alpha value is -0.910. The van der Waals surface area contributed by atoms with Crippen LogP contribution in [0.4, 0.5) is 0 Å². The number of hydrogen-bond donors (Lipinski definition) is 2. The van der Waals surface area contributed by atoms with E-state index in [4.69, 9.17) is 5.84 Å². The second kappa shape index (κ2) is 6.24. The molecule has 2 aromatic rings. The van der Waals surface area contributed by atoms with Crippen molar-refractivity contribution in [2.45, 2.75) is 31.2 Å². The molecule has 0 aromatic heterocycles. The van der Waals surface area contributed by atoms with Gasteiger partial charge in [0.1, 0.15) is 0 Å². The molecule has 0 amide bonds. The Balaban J connectivity index is 1.92. The van der Waals surface area contributed by atoms with Gasteiger partial charge < -0.3 is 0 Å². The Kier molecular flexibility index (Phi) is 4.38. The van der Waals surface area contributed by atoms with Gasteiger partial charge in [-0.25, -0.2) is 5.43 Å². The smallest absolute Gasteiger partial charge is 0.0710 e. The topological polar surface area (TPSA) is 38.0 Å². The fourth-order valence-corrected chi connectivity index (χ4v) is 3.37. The van der Waals surface area contributed by atoms with Crippen LogP contribution in [0.2, 0.25) is 0 Å². The third-order valence-electron chi connectivity index (χ3n) is 4.17. The third-order valence-corrected chi connectivity index (χ3v) is 4.84. The normalized spacial score (nSPS) is 16.7. The van der Waals surface area contributed by atoms with Crippen molar-refractivity contribution in [1.82, 2.24) is 5.43 Å². The lowest BCUT2D eigenvalue weighted by molar-refractivity contribution is 0.419. The number of benzene rings is 2. The van der Waals surface area contributed by atoms with Gasteiger partial charge in [-0.1, -0.05) is 42.8 Å². The average Bonchev–Trinajstić information content (AvgIpc) is 2.38. The van der Waals surface area contributed by atoms with Crippen molar-refractivity contribution in [2.24, 2.45) is 5.84 Å². The molecule has 0 saturated heterocycles. The van der Waals surface area contributed by atoms with E-state index >= 15 is 0 Å². The van der Waals surface area contributed by atoms with E-state index in [9.17, 15) is 0 Å². The molecule has 1 unspecified atom stereocenters. The van der Waals surface area contributed by atoms with Crippen LogP contribution in [0.15, 0.2) is 48.5 Å². The van der Waals surface area contributed by atoms with E-state index in [1.165, 1.54) is 39.5 Å². The van der Waals surface area contributed by atoms with Crippen LogP contribution in [0.3, 0.4) is 0 Å². The minimum atomic E-state index is 0.0599. The van der Waals surface area contributed by atoms with E-state index < -0.39 is 0 Å². The molecule has 3 rings (SSSR count). The summed E-state index contributed by atoms with van der Waals surface area (Å²) in [4.78, 5) is 0. The molecule has 0 radical (unpaired) electrons. The predicted octanol–water partition coefficient (Wildman–Crippen LogP) is 4.11. The van der Waals surface area contributed by atoms with Crippen molar-refractivity contribution >= 4 is 22.6 Å². The molecule has 2 aromatic carbocycles. The van der Waals surface area contributed by atoms with Crippen molar-refractivity contribution in [2.75, 3.05) is 0 Å². The number of halogens is 1. The number of hydrogen-bond acceptors (Lipinski definition) is 2. The van der Waals surface area contributed by atoms with Gasteiger partial charge in [-0.05, 0) is 70.2 Å². The largest absolute Gasteiger partial charge is 0.271 e. The van der Waals surface area contributed by atoms with Crippen molar-refractivity contribution in [1.29, 1.82) is 0 Å². The predicted molar refractivity (Wildman–Crippen MR) is 91.4 cm³/mol. The maximum Gasteiger partial charge on any atom is 0.0710 e. The van der Waals surface area contributed by atoms with Crippen LogP contribution in [0.25, 0.3) is 0 Å². The van der Waals surface area contributed by atoms with Gasteiger partial charge in [0.15, 0.2) is 0 Å². The molecule has 0 heterocycles. The molecule has 0 bridgehead atoms. The lowest BCUT2D eigenvalue weighted by atomic mass is 9.79. The van der Waals surface area contributed by atoms with Crippen LogP contribution in [0, 0.1) is 3.57 Å². The molecule has 1 atom stereocenters. The van der Waals surface area contributed by atoms with Crippen LogP contribution in [-0.4, -0.2) is 0 Å². The molecule has 3 heteroatoms. The number of rotatable bonds is 4. The van der Waals surface area contributed by atoms with Crippen LogP contribution in [0.1, 0.15) is 47.9 Å². The van der Waals surface area contributed by atoms with Crippen molar-refractivity contribution < 1.29 is 0 Å². The first-order chi connectivity index (χ1) is 9.78. The summed E-state index contributed by atoms with van der Waals surface area (Å²) in [6.45, 7) is 0. The summed E-state index contributed by atoms with van der Waals surface area (Å²) in [6, 6.07) is 17.4. The fourth-order valence-electron chi connectivity index (χ4n) is 2.81. The number of nitrogens with one attached hydrogen (secondary N) is 1. The molecule has 0 aliphatic heterocycles. The SMILES string of the molecule is NNC(c1cccc(I)c1)c1cccc(C2CCC2)c1. The van der Waals surface area contributed by atoms with Crippen LogP contribution in [0.5, 0.6) is 0 Å². The van der Waals surface area contributed by atoms with Crippen LogP contribution < -0.4 is 11.3 Å². The van der Waals surface area contributed by atoms with Crippen LogP contribution in [-0.2, 0) is 0 Å². The highest BCUT2D eigenvalue weighted by Crippen LogP contribution is 2.37. The maximum absolute atomic E-state index is 5.81. The Morgan fingerprint density at radius 2 is 1.75 bits per heavy atom. The summed E-state index contributed by atoms with van der Waals surface area (Å²) in [5, 5.41) is 0. The summed E-state index contributed by atoms with van der Waals surface area (Å²) in [5.74, 6) is 6.56. The molecule has 104 valence electrons. The minimum Gasteiger partial charge on any atom is -0.271 e. The van der Waals surface area contributed by atoms with Crippen LogP contribution >= 0.6 is 22.6 Å². The molecule has 1 aliphatic rings. The first kappa shape index (κ1) is 14.0. The van der Waals surface area contributed by atoms with Gasteiger partial charge >= 0.3 is 0 Å². The Bertz CT molecular complexity index is 593. The van der Waals surface area contributed by atoms with E-state index in [1.807, 2.05) is 0 Å². The second-order valence-corrected chi connectivity index (χ2v) is 6.70. The Labute approximate surface area is 133 Å². The lowest BCUT2D eigenvalue weighted by Crippen LogP contribution is -2.29. The average molecular weight is 378 g/mol. The second-order valence-electron chi connectivity index (χ2n) is 5.45. The Morgan fingerprint density at radius 3 is 2.35 bits per heavy atom. The van der Waals surface area contributed by atoms with Crippen molar-refractivity contribution in [3.63, 3.8) is 0 Å². The van der Waals surface area contributed by atoms with E-state index in [-0.39, 0.29) is 6.04 Å². The highest BCUT2D eigenvalue weighted by molar-refractivity contribution is 14.1. The first-order valence-electron chi connectivity index (χ1n) is 7.09. The van der Waals surface area contributed by atoms with Gasteiger partial charge in [0.2, 0.25) is 0 Å². The van der Waals surface area contributed by atoms with Gasteiger partial charge in [-0.15, -0.1) is 0 Å². The molecular weight excluding hydrogens is 359 g/mol. The summed E-state index contributed by atoms with van der Waals surface area (Å²) in [5.41, 5.74) is 6.88. The zero-order valence-electron chi connectivity index (χ0n) is 11.4. The lowest BCUT2D eigenvalue weighted by Gasteiger charge is -2.27. The molecular formula is C17H19IN2. The zero-order chi connectivity index (χ0) is 13.9. The third kappa shape index (κ3) is 2.90. The molecule has 0 spiro atoms. The summed E-state index contributed by atoms with van der Waals surface area (Å²) in [7, 11) is 0. The first-order valence-corrected chi connectivity index (χ1v) is 8.17. The van der Waals surface area contributed by atoms with Crippen molar-refractivity contribution in [3.8, 4) is 0 Å². The van der Waals surface area contributed by atoms with E-state index in [0.29, 0.717) is 0 Å².